The van der Waals surface area contributed by atoms with Gasteiger partial charge in [0.2, 0.25) is 5.91 Å². The molecular formula is C15H17NO2. The van der Waals surface area contributed by atoms with Crippen molar-refractivity contribution in [3.8, 4) is 0 Å². The van der Waals surface area contributed by atoms with Crippen molar-refractivity contribution in [1.29, 1.82) is 0 Å². The minimum absolute atomic E-state index is 0.0120. The molecule has 0 atom stereocenters. The summed E-state index contributed by atoms with van der Waals surface area (Å²) in [5.41, 5.74) is 1.30. The Labute approximate surface area is 107 Å². The fraction of sp³-hybridized carbons (Fsp3) is 0.267. The second kappa shape index (κ2) is 6.64. The highest BCUT2D eigenvalue weighted by Gasteiger charge is 2.04. The molecule has 1 N–H and O–H groups in total. The molecule has 0 saturated heterocycles. The van der Waals surface area contributed by atoms with Crippen molar-refractivity contribution < 1.29 is 9.21 Å². The van der Waals surface area contributed by atoms with Gasteiger partial charge in [0.1, 0.15) is 5.76 Å². The standard InChI is InChI=1S/C15H17NO2/c17-15(12-14-9-5-11-18-14)16-10-4-8-13-6-2-1-3-7-13/h1-3,5-7,9,11H,4,8,10,12H2,(H,16,17). The highest BCUT2D eigenvalue weighted by atomic mass is 16.3. The van der Waals surface area contributed by atoms with Gasteiger partial charge in [0.05, 0.1) is 12.7 Å². The van der Waals surface area contributed by atoms with Crippen LogP contribution in [0.3, 0.4) is 0 Å². The number of nitrogens with one attached hydrogen (secondary N) is 1. The first kappa shape index (κ1) is 12.4. The number of hydrogen-bond acceptors (Lipinski definition) is 2. The Morgan fingerprint density at radius 2 is 1.94 bits per heavy atom. The Morgan fingerprint density at radius 1 is 1.11 bits per heavy atom. The van der Waals surface area contributed by atoms with Crippen molar-refractivity contribution in [2.24, 2.45) is 0 Å². The van der Waals surface area contributed by atoms with Crippen molar-refractivity contribution in [2.75, 3.05) is 6.54 Å². The van der Waals surface area contributed by atoms with E-state index in [1.165, 1.54) is 5.56 Å². The maximum atomic E-state index is 11.6. The Kier molecular flexibility index (Phi) is 4.59. The number of hydrogen-bond donors (Lipinski definition) is 1. The van der Waals surface area contributed by atoms with Gasteiger partial charge in [0.25, 0.3) is 0 Å². The van der Waals surface area contributed by atoms with Crippen molar-refractivity contribution in [2.45, 2.75) is 19.3 Å². The second-order valence-electron chi connectivity index (χ2n) is 4.20. The topological polar surface area (TPSA) is 42.2 Å². The van der Waals surface area contributed by atoms with E-state index >= 15 is 0 Å². The fourth-order valence-corrected chi connectivity index (χ4v) is 1.80. The van der Waals surface area contributed by atoms with Crippen LogP contribution in [0.5, 0.6) is 0 Å². The summed E-state index contributed by atoms with van der Waals surface area (Å²) in [7, 11) is 0. The van der Waals surface area contributed by atoms with E-state index in [1.54, 1.807) is 12.3 Å². The van der Waals surface area contributed by atoms with Gasteiger partial charge in [-0.2, -0.15) is 0 Å². The molecule has 2 rings (SSSR count). The monoisotopic (exact) mass is 243 g/mol. The van der Waals surface area contributed by atoms with E-state index in [0.29, 0.717) is 18.7 Å². The van der Waals surface area contributed by atoms with Gasteiger partial charge in [0.15, 0.2) is 0 Å². The molecule has 0 radical (unpaired) electrons. The molecule has 0 saturated carbocycles. The summed E-state index contributed by atoms with van der Waals surface area (Å²) in [5, 5.41) is 2.89. The number of carbonyl (C=O) groups excluding carboxylic acids is 1. The molecule has 18 heavy (non-hydrogen) atoms. The number of carbonyl (C=O) groups is 1. The number of furan rings is 1. The van der Waals surface area contributed by atoms with Crippen molar-refractivity contribution in [3.05, 3.63) is 60.1 Å². The van der Waals surface area contributed by atoms with Crippen LogP contribution in [-0.4, -0.2) is 12.5 Å². The molecule has 0 aliphatic carbocycles. The summed E-state index contributed by atoms with van der Waals surface area (Å²) in [5.74, 6) is 0.716. The van der Waals surface area contributed by atoms with E-state index in [4.69, 9.17) is 4.42 Å². The average molecular weight is 243 g/mol. The zero-order chi connectivity index (χ0) is 12.6. The average Bonchev–Trinajstić information content (AvgIpc) is 2.89. The zero-order valence-electron chi connectivity index (χ0n) is 10.3. The summed E-state index contributed by atoms with van der Waals surface area (Å²) in [6, 6.07) is 13.9. The molecule has 3 nitrogen and oxygen atoms in total. The van der Waals surface area contributed by atoms with Gasteiger partial charge in [-0.15, -0.1) is 0 Å². The van der Waals surface area contributed by atoms with Crippen LogP contribution in [0.1, 0.15) is 17.7 Å². The molecule has 1 aromatic carbocycles. The quantitative estimate of drug-likeness (QED) is 0.792. The molecule has 0 spiro atoms. The number of rotatable bonds is 6. The second-order valence-corrected chi connectivity index (χ2v) is 4.20. The van der Waals surface area contributed by atoms with Gasteiger partial charge >= 0.3 is 0 Å². The molecule has 0 fully saturated rings. The summed E-state index contributed by atoms with van der Waals surface area (Å²) >= 11 is 0. The molecule has 94 valence electrons. The minimum Gasteiger partial charge on any atom is -0.469 e. The van der Waals surface area contributed by atoms with Crippen LogP contribution in [0.25, 0.3) is 0 Å². The van der Waals surface area contributed by atoms with Gasteiger partial charge in [-0.3, -0.25) is 4.79 Å². The van der Waals surface area contributed by atoms with E-state index < -0.39 is 0 Å². The largest absolute Gasteiger partial charge is 0.469 e. The van der Waals surface area contributed by atoms with Crippen LogP contribution in [0.2, 0.25) is 0 Å². The number of amides is 1. The lowest BCUT2D eigenvalue weighted by atomic mass is 10.1. The van der Waals surface area contributed by atoms with E-state index in [1.807, 2.05) is 24.3 Å². The Morgan fingerprint density at radius 3 is 2.67 bits per heavy atom. The molecule has 1 aromatic heterocycles. The lowest BCUT2D eigenvalue weighted by molar-refractivity contribution is -0.120. The summed E-state index contributed by atoms with van der Waals surface area (Å²) in [4.78, 5) is 11.6. The van der Waals surface area contributed by atoms with Crippen LogP contribution in [0, 0.1) is 0 Å². The normalized spacial score (nSPS) is 10.2. The summed E-state index contributed by atoms with van der Waals surface area (Å²) < 4.78 is 5.12. The zero-order valence-corrected chi connectivity index (χ0v) is 10.3. The third kappa shape index (κ3) is 4.09. The molecule has 0 aliphatic heterocycles. The fourth-order valence-electron chi connectivity index (χ4n) is 1.80. The van der Waals surface area contributed by atoms with Gasteiger partial charge in [-0.1, -0.05) is 30.3 Å². The molecule has 0 unspecified atom stereocenters. The van der Waals surface area contributed by atoms with Crippen LogP contribution in [0.4, 0.5) is 0 Å². The van der Waals surface area contributed by atoms with Crippen molar-refractivity contribution in [1.82, 2.24) is 5.32 Å². The third-order valence-electron chi connectivity index (χ3n) is 2.72. The number of aryl methyl sites for hydroxylation is 1. The van der Waals surface area contributed by atoms with E-state index in [-0.39, 0.29) is 5.91 Å². The van der Waals surface area contributed by atoms with E-state index in [0.717, 1.165) is 12.8 Å². The summed E-state index contributed by atoms with van der Waals surface area (Å²) in [6.07, 6.45) is 3.84. The van der Waals surface area contributed by atoms with Crippen molar-refractivity contribution in [3.63, 3.8) is 0 Å². The molecule has 1 amide bonds. The van der Waals surface area contributed by atoms with Gasteiger partial charge in [-0.05, 0) is 30.5 Å². The van der Waals surface area contributed by atoms with Crippen LogP contribution in [-0.2, 0) is 17.6 Å². The Bertz CT molecular complexity index is 463. The first-order chi connectivity index (χ1) is 8.84. The molecule has 3 heteroatoms. The predicted molar refractivity (Wildman–Crippen MR) is 70.2 cm³/mol. The van der Waals surface area contributed by atoms with Crippen LogP contribution >= 0.6 is 0 Å². The maximum Gasteiger partial charge on any atom is 0.227 e. The highest BCUT2D eigenvalue weighted by molar-refractivity contribution is 5.77. The summed E-state index contributed by atoms with van der Waals surface area (Å²) in [6.45, 7) is 0.703. The highest BCUT2D eigenvalue weighted by Crippen LogP contribution is 2.02. The Hall–Kier alpha value is -2.03. The molecular weight excluding hydrogens is 226 g/mol. The van der Waals surface area contributed by atoms with E-state index in [2.05, 4.69) is 17.4 Å². The van der Waals surface area contributed by atoms with Gasteiger partial charge < -0.3 is 9.73 Å². The van der Waals surface area contributed by atoms with E-state index in [9.17, 15) is 4.79 Å². The number of benzene rings is 1. The SMILES string of the molecule is O=C(Cc1ccco1)NCCCc1ccccc1. The predicted octanol–water partition coefficient (Wildman–Crippen LogP) is 2.57. The molecule has 0 aliphatic rings. The van der Waals surface area contributed by atoms with Gasteiger partial charge in [-0.25, -0.2) is 0 Å². The first-order valence-electron chi connectivity index (χ1n) is 6.17. The molecule has 0 bridgehead atoms. The third-order valence-corrected chi connectivity index (χ3v) is 2.72. The van der Waals surface area contributed by atoms with Crippen LogP contribution in [0.15, 0.2) is 53.1 Å². The van der Waals surface area contributed by atoms with Crippen LogP contribution < -0.4 is 5.32 Å². The maximum absolute atomic E-state index is 11.6. The van der Waals surface area contributed by atoms with Crippen molar-refractivity contribution >= 4 is 5.91 Å². The molecule has 2 aromatic rings. The molecule has 1 heterocycles. The smallest absolute Gasteiger partial charge is 0.227 e. The lowest BCUT2D eigenvalue weighted by Gasteiger charge is -2.04. The Balaban J connectivity index is 1.62. The first-order valence-corrected chi connectivity index (χ1v) is 6.17. The minimum atomic E-state index is 0.0120. The lowest BCUT2D eigenvalue weighted by Crippen LogP contribution is -2.26. The van der Waals surface area contributed by atoms with Gasteiger partial charge in [0, 0.05) is 6.54 Å².